The number of hydrogen-bond donors (Lipinski definition) is 1. The van der Waals surface area contributed by atoms with Gasteiger partial charge in [-0.05, 0) is 38.8 Å². The Hall–Kier alpha value is -2.29. The lowest BCUT2D eigenvalue weighted by atomic mass is 10.1. The first-order valence-electron chi connectivity index (χ1n) is 9.71. The van der Waals surface area contributed by atoms with Crippen LogP contribution in [-0.4, -0.2) is 36.9 Å². The van der Waals surface area contributed by atoms with Crippen LogP contribution in [-0.2, 0) is 21.4 Å². The van der Waals surface area contributed by atoms with Gasteiger partial charge in [0.15, 0.2) is 12.4 Å². The molecular formula is C21H27ClN4O3S. The number of pyridine rings is 1. The molecule has 1 aliphatic heterocycles. The second-order valence-corrected chi connectivity index (χ2v) is 9.25. The number of benzene rings is 1. The van der Waals surface area contributed by atoms with Crippen LogP contribution in [0, 0.1) is 6.92 Å². The molecule has 0 aliphatic carbocycles. The van der Waals surface area contributed by atoms with Gasteiger partial charge in [0, 0.05) is 36.9 Å². The van der Waals surface area contributed by atoms with E-state index in [0.717, 1.165) is 18.4 Å². The predicted octanol–water partition coefficient (Wildman–Crippen LogP) is -0.978. The third-order valence-corrected chi connectivity index (χ3v) is 6.92. The fourth-order valence-corrected chi connectivity index (χ4v) is 5.15. The Morgan fingerprint density at radius 3 is 2.53 bits per heavy atom. The zero-order valence-electron chi connectivity index (χ0n) is 17.2. The van der Waals surface area contributed by atoms with Crippen LogP contribution >= 0.6 is 0 Å². The average Bonchev–Trinajstić information content (AvgIpc) is 3.16. The van der Waals surface area contributed by atoms with Crippen molar-refractivity contribution in [1.82, 2.24) is 9.73 Å². The van der Waals surface area contributed by atoms with E-state index in [1.807, 2.05) is 56.6 Å². The molecule has 7 nitrogen and oxygen atoms in total. The van der Waals surface area contributed by atoms with Gasteiger partial charge in [-0.1, -0.05) is 23.8 Å². The lowest BCUT2D eigenvalue weighted by Gasteiger charge is -2.24. The molecule has 1 aromatic heterocycles. The van der Waals surface area contributed by atoms with E-state index in [-0.39, 0.29) is 30.9 Å². The van der Waals surface area contributed by atoms with Crippen LogP contribution in [0.25, 0.3) is 0 Å². The zero-order valence-corrected chi connectivity index (χ0v) is 18.7. The maximum absolute atomic E-state index is 13.0. The molecule has 3 rings (SSSR count). The fraction of sp³-hybridized carbons (Fsp3) is 0.381. The molecule has 1 unspecified atom stereocenters. The molecule has 2 aromatic rings. The Kier molecular flexibility index (Phi) is 8.52. The van der Waals surface area contributed by atoms with Crippen molar-refractivity contribution in [3.63, 3.8) is 0 Å². The summed E-state index contributed by atoms with van der Waals surface area (Å²) in [6.07, 6.45) is 5.71. The van der Waals surface area contributed by atoms with Crippen molar-refractivity contribution >= 4 is 21.6 Å². The van der Waals surface area contributed by atoms with E-state index in [1.165, 1.54) is 0 Å². The number of rotatable bonds is 7. The molecule has 1 atom stereocenters. The van der Waals surface area contributed by atoms with Gasteiger partial charge in [0.05, 0.1) is 4.90 Å². The second-order valence-electron chi connectivity index (χ2n) is 7.36. The van der Waals surface area contributed by atoms with Crippen molar-refractivity contribution in [2.45, 2.75) is 50.6 Å². The summed E-state index contributed by atoms with van der Waals surface area (Å²) in [7, 11) is -3.53. The highest BCUT2D eigenvalue weighted by atomic mass is 35.5. The highest BCUT2D eigenvalue weighted by molar-refractivity contribution is 7.89. The number of nitrogens with zero attached hydrogens (tertiary/aromatic N) is 3. The standard InChI is InChI=1S/C21H26N4O3S.ClH/c1-17-8-10-20(11-9-17)29(27,28)25-14-6-7-19(25)15-18(2)22-23-21(26)16-24-12-4-3-5-13-24;/h3-5,8-13,19H,6-7,14-16H2,1-2H3;1H/b22-18+;. The third kappa shape index (κ3) is 6.10. The molecule has 30 heavy (non-hydrogen) atoms. The van der Waals surface area contributed by atoms with Gasteiger partial charge in [0.1, 0.15) is 0 Å². The van der Waals surface area contributed by atoms with Crippen molar-refractivity contribution in [2.24, 2.45) is 5.10 Å². The van der Waals surface area contributed by atoms with E-state index in [4.69, 9.17) is 0 Å². The maximum Gasteiger partial charge on any atom is 0.305 e. The Morgan fingerprint density at radius 1 is 1.20 bits per heavy atom. The molecule has 2 heterocycles. The van der Waals surface area contributed by atoms with Crippen LogP contribution < -0.4 is 22.4 Å². The number of sulfonamides is 1. The molecule has 1 fully saturated rings. The van der Waals surface area contributed by atoms with Gasteiger partial charge in [0.2, 0.25) is 16.6 Å². The minimum absolute atomic E-state index is 0. The largest absolute Gasteiger partial charge is 1.00 e. The van der Waals surface area contributed by atoms with Crippen molar-refractivity contribution in [3.05, 3.63) is 60.4 Å². The van der Waals surface area contributed by atoms with Gasteiger partial charge in [-0.3, -0.25) is 4.79 Å². The van der Waals surface area contributed by atoms with E-state index in [1.54, 1.807) is 21.0 Å². The Bertz CT molecular complexity index is 979. The molecule has 162 valence electrons. The summed E-state index contributed by atoms with van der Waals surface area (Å²) in [4.78, 5) is 12.4. The summed E-state index contributed by atoms with van der Waals surface area (Å²) in [6, 6.07) is 12.4. The van der Waals surface area contributed by atoms with Crippen molar-refractivity contribution < 1.29 is 30.2 Å². The molecule has 0 saturated carbocycles. The van der Waals surface area contributed by atoms with Gasteiger partial charge in [-0.15, -0.1) is 0 Å². The summed E-state index contributed by atoms with van der Waals surface area (Å²) in [6.45, 7) is 4.42. The highest BCUT2D eigenvalue weighted by Gasteiger charge is 2.35. The molecule has 0 radical (unpaired) electrons. The SMILES string of the molecule is C/C(CC1CCCN1S(=O)(=O)c1ccc(C)cc1)=N\NC(=O)C[n+]1ccccc1.[Cl-]. The molecule has 9 heteroatoms. The first-order valence-corrected chi connectivity index (χ1v) is 11.1. The van der Waals surface area contributed by atoms with Crippen molar-refractivity contribution in [2.75, 3.05) is 6.54 Å². The van der Waals surface area contributed by atoms with Crippen LogP contribution in [0.1, 0.15) is 31.7 Å². The summed E-state index contributed by atoms with van der Waals surface area (Å²) in [5.41, 5.74) is 4.28. The average molecular weight is 451 g/mol. The quantitative estimate of drug-likeness (QED) is 0.334. The van der Waals surface area contributed by atoms with Crippen molar-refractivity contribution in [3.8, 4) is 0 Å². The van der Waals surface area contributed by atoms with E-state index in [0.29, 0.717) is 23.6 Å². The second kappa shape index (κ2) is 10.7. The van der Waals surface area contributed by atoms with Gasteiger partial charge in [0.25, 0.3) is 0 Å². The van der Waals surface area contributed by atoms with E-state index >= 15 is 0 Å². The van der Waals surface area contributed by atoms with E-state index in [2.05, 4.69) is 10.5 Å². The molecule has 1 saturated heterocycles. The molecule has 1 aromatic carbocycles. The lowest BCUT2D eigenvalue weighted by molar-refractivity contribution is -0.684. The Labute approximate surface area is 184 Å². The first kappa shape index (κ1) is 24.0. The van der Waals surface area contributed by atoms with E-state index < -0.39 is 10.0 Å². The number of aromatic nitrogens is 1. The third-order valence-electron chi connectivity index (χ3n) is 4.96. The smallest absolute Gasteiger partial charge is 0.305 e. The number of aryl methyl sites for hydroxylation is 1. The topological polar surface area (TPSA) is 82.7 Å². The minimum Gasteiger partial charge on any atom is -1.00 e. The van der Waals surface area contributed by atoms with Gasteiger partial charge in [-0.2, -0.15) is 14.0 Å². The summed E-state index contributed by atoms with van der Waals surface area (Å²) in [5, 5.41) is 4.17. The molecule has 1 amide bonds. The molecule has 1 aliphatic rings. The number of amides is 1. The molecule has 1 N–H and O–H groups in total. The highest BCUT2D eigenvalue weighted by Crippen LogP contribution is 2.28. The summed E-state index contributed by atoms with van der Waals surface area (Å²) < 4.78 is 29.4. The number of nitrogens with one attached hydrogen (secondary N) is 1. The normalized spacial score (nSPS) is 17.4. The number of halogens is 1. The van der Waals surface area contributed by atoms with Crippen LogP contribution in [0.5, 0.6) is 0 Å². The molecule has 0 bridgehead atoms. The summed E-state index contributed by atoms with van der Waals surface area (Å²) in [5.74, 6) is -0.226. The van der Waals surface area contributed by atoms with Crippen molar-refractivity contribution in [1.29, 1.82) is 0 Å². The van der Waals surface area contributed by atoms with Crippen LogP contribution in [0.2, 0.25) is 0 Å². The van der Waals surface area contributed by atoms with Crippen LogP contribution in [0.4, 0.5) is 0 Å². The van der Waals surface area contributed by atoms with E-state index in [9.17, 15) is 13.2 Å². The number of carbonyl (C=O) groups excluding carboxylic acids is 1. The first-order chi connectivity index (χ1) is 13.9. The van der Waals surface area contributed by atoms with Gasteiger partial charge >= 0.3 is 5.91 Å². The number of hydrazone groups is 1. The Balaban J connectivity index is 0.00000320. The lowest BCUT2D eigenvalue weighted by Crippen LogP contribution is -3.00. The van der Waals surface area contributed by atoms with Crippen LogP contribution in [0.15, 0.2) is 64.9 Å². The monoisotopic (exact) mass is 450 g/mol. The van der Waals surface area contributed by atoms with Gasteiger partial charge in [-0.25, -0.2) is 13.8 Å². The predicted molar refractivity (Wildman–Crippen MR) is 111 cm³/mol. The molecule has 0 spiro atoms. The van der Waals surface area contributed by atoms with Crippen LogP contribution in [0.3, 0.4) is 0 Å². The molecular weight excluding hydrogens is 424 g/mol. The Morgan fingerprint density at radius 2 is 1.87 bits per heavy atom. The minimum atomic E-state index is -3.53. The summed E-state index contributed by atoms with van der Waals surface area (Å²) >= 11 is 0. The fourth-order valence-electron chi connectivity index (χ4n) is 3.46. The maximum atomic E-state index is 13.0. The zero-order chi connectivity index (χ0) is 20.9. The number of carbonyl (C=O) groups is 1. The van der Waals surface area contributed by atoms with Gasteiger partial charge < -0.3 is 12.4 Å². The number of hydrogen-bond acceptors (Lipinski definition) is 4.